The number of fused-ring (bicyclic) bond motifs is 1. The van der Waals surface area contributed by atoms with Crippen LogP contribution >= 0.6 is 0 Å². The summed E-state index contributed by atoms with van der Waals surface area (Å²) in [5.74, 6) is -0.395. The molecule has 0 amide bonds. The van der Waals surface area contributed by atoms with Crippen LogP contribution in [0.4, 0.5) is 0 Å². The maximum Gasteiger partial charge on any atom is 1.00 e. The molecular formula is C16H11N2NaO2. The molecule has 5 heteroatoms. The number of hydrogen-bond acceptors (Lipinski definition) is 3. The van der Waals surface area contributed by atoms with Gasteiger partial charge in [0, 0.05) is 11.1 Å². The number of ketones is 1. The number of nitrogens with zero attached hydrogens (tertiary/aromatic N) is 2. The maximum atomic E-state index is 12.3. The van der Waals surface area contributed by atoms with Gasteiger partial charge in [-0.2, -0.15) is 0 Å². The number of para-hydroxylation sites is 2. The monoisotopic (exact) mass is 286 g/mol. The fraction of sp³-hybridized carbons (Fsp3) is 0.0625. The van der Waals surface area contributed by atoms with Crippen LogP contribution in [0.3, 0.4) is 0 Å². The van der Waals surface area contributed by atoms with Gasteiger partial charge in [-0.15, -0.1) is 5.52 Å². The first kappa shape index (κ1) is 15.6. The Morgan fingerprint density at radius 2 is 1.71 bits per heavy atom. The largest absolute Gasteiger partial charge is 1.00 e. The molecule has 3 rings (SSSR count). The summed E-state index contributed by atoms with van der Waals surface area (Å²) in [4.78, 5) is 32.3. The van der Waals surface area contributed by atoms with Gasteiger partial charge in [0.15, 0.2) is 0 Å². The van der Waals surface area contributed by atoms with E-state index in [1.807, 2.05) is 19.1 Å². The van der Waals surface area contributed by atoms with Crippen LogP contribution in [0.1, 0.15) is 21.6 Å². The number of aryl methyl sites for hydroxylation is 1. The zero-order valence-electron chi connectivity index (χ0n) is 11.8. The van der Waals surface area contributed by atoms with Crippen LogP contribution in [0.25, 0.3) is 11.0 Å². The molecular weight excluding hydrogens is 275 g/mol. The maximum absolute atomic E-state index is 12.3. The van der Waals surface area contributed by atoms with Gasteiger partial charge in [0.05, 0.1) is 0 Å². The first-order valence-electron chi connectivity index (χ1n) is 6.20. The molecule has 0 bridgehead atoms. The number of rotatable bonds is 2. The van der Waals surface area contributed by atoms with E-state index in [1.54, 1.807) is 36.4 Å². The molecule has 0 saturated carbocycles. The molecule has 0 unspecified atom stereocenters. The molecule has 0 aliphatic carbocycles. The molecule has 98 valence electrons. The van der Waals surface area contributed by atoms with E-state index in [9.17, 15) is 9.59 Å². The normalized spacial score (nSPS) is 10.1. The summed E-state index contributed by atoms with van der Waals surface area (Å²) in [6, 6.07) is 14.0. The molecule has 0 saturated heterocycles. The van der Waals surface area contributed by atoms with Crippen molar-refractivity contribution in [1.29, 1.82) is 0 Å². The predicted molar refractivity (Wildman–Crippen MR) is 75.9 cm³/mol. The quantitative estimate of drug-likeness (QED) is 0.452. The van der Waals surface area contributed by atoms with Crippen molar-refractivity contribution in [2.24, 2.45) is 0 Å². The first-order chi connectivity index (χ1) is 9.65. The molecule has 1 heterocycles. The first-order valence-corrected chi connectivity index (χ1v) is 6.20. The Labute approximate surface area is 143 Å². The van der Waals surface area contributed by atoms with Crippen molar-refractivity contribution in [1.82, 2.24) is 9.97 Å². The Hall–Kier alpha value is -1.75. The van der Waals surface area contributed by atoms with Gasteiger partial charge in [0.25, 0.3) is 0 Å². The molecule has 0 aliphatic rings. The number of aromatic nitrogens is 2. The van der Waals surface area contributed by atoms with Crippen LogP contribution < -0.4 is 40.1 Å². The Kier molecular flexibility index (Phi) is 4.73. The summed E-state index contributed by atoms with van der Waals surface area (Å²) >= 11 is 0. The van der Waals surface area contributed by atoms with Crippen LogP contribution in [0.15, 0.2) is 53.3 Å². The third kappa shape index (κ3) is 3.13. The zero-order valence-corrected chi connectivity index (χ0v) is 13.8. The summed E-state index contributed by atoms with van der Waals surface area (Å²) in [5, 5.41) is 0. The Morgan fingerprint density at radius 1 is 1.05 bits per heavy atom. The second-order valence-corrected chi connectivity index (χ2v) is 4.56. The molecule has 2 aromatic carbocycles. The molecule has 1 aromatic heterocycles. The van der Waals surface area contributed by atoms with Crippen LogP contribution in [0.5, 0.6) is 0 Å². The summed E-state index contributed by atoms with van der Waals surface area (Å²) < 4.78 is 0. The van der Waals surface area contributed by atoms with E-state index in [2.05, 4.69) is 9.97 Å². The minimum Gasteiger partial charge on any atom is -0.619 e. The van der Waals surface area contributed by atoms with Crippen molar-refractivity contribution in [3.8, 4) is 0 Å². The predicted octanol–water partition coefficient (Wildman–Crippen LogP) is -0.904. The second kappa shape index (κ2) is 6.35. The van der Waals surface area contributed by atoms with E-state index in [0.29, 0.717) is 16.6 Å². The summed E-state index contributed by atoms with van der Waals surface area (Å²) in [6.45, 7) is 1.93. The number of carbonyl (C=O) groups is 1. The smallest absolute Gasteiger partial charge is 0.619 e. The summed E-state index contributed by atoms with van der Waals surface area (Å²) in [5.41, 5.74) is 1.81. The van der Waals surface area contributed by atoms with Gasteiger partial charge in [0.1, 0.15) is 11.3 Å². The van der Waals surface area contributed by atoms with Crippen LogP contribution in [-0.2, 0) is 0 Å². The third-order valence-electron chi connectivity index (χ3n) is 3.07. The van der Waals surface area contributed by atoms with E-state index in [0.717, 1.165) is 5.56 Å². The molecule has 0 atom stereocenters. The van der Waals surface area contributed by atoms with Crippen molar-refractivity contribution in [2.45, 2.75) is 6.92 Å². The van der Waals surface area contributed by atoms with E-state index in [1.165, 1.54) is 0 Å². The van der Waals surface area contributed by atoms with E-state index in [-0.39, 0.29) is 35.3 Å². The summed E-state index contributed by atoms with van der Waals surface area (Å²) in [6.07, 6.45) is 0. The van der Waals surface area contributed by atoms with Gasteiger partial charge < -0.3 is 9.78 Å². The third-order valence-corrected chi connectivity index (χ3v) is 3.07. The van der Waals surface area contributed by atoms with Crippen molar-refractivity contribution in [2.75, 3.05) is 0 Å². The molecule has 0 aliphatic heterocycles. The fourth-order valence-electron chi connectivity index (χ4n) is 1.97. The molecule has 3 aromatic rings. The van der Waals surface area contributed by atoms with Crippen molar-refractivity contribution in [3.63, 3.8) is 0 Å². The van der Waals surface area contributed by atoms with Gasteiger partial charge in [0.2, 0.25) is 5.78 Å². The van der Waals surface area contributed by atoms with Crippen LogP contribution in [0, 0.1) is 6.92 Å². The molecule has 0 spiro atoms. The Morgan fingerprint density at radius 3 is 2.43 bits per heavy atom. The minimum absolute atomic E-state index is 0. The molecule has 0 fully saturated rings. The van der Waals surface area contributed by atoms with Gasteiger partial charge in [-0.3, -0.25) is 4.79 Å². The average molecular weight is 286 g/mol. The molecule has 21 heavy (non-hydrogen) atoms. The van der Waals surface area contributed by atoms with Crippen LogP contribution in [-0.4, -0.2) is 10.8 Å². The Balaban J connectivity index is 0.00000161. The van der Waals surface area contributed by atoms with Gasteiger partial charge in [-0.1, -0.05) is 48.0 Å². The number of carbonyl (C=O) groups excluding carboxylic acids is 1. The van der Waals surface area contributed by atoms with E-state index in [4.69, 9.17) is 0 Å². The van der Waals surface area contributed by atoms with E-state index >= 15 is 0 Å². The van der Waals surface area contributed by atoms with Crippen molar-refractivity contribution < 1.29 is 34.4 Å². The van der Waals surface area contributed by atoms with Gasteiger partial charge >= 0.3 is 29.6 Å². The second-order valence-electron chi connectivity index (χ2n) is 4.56. The SMILES string of the molecule is Cc1ccc(C(=O)c2nc3ccccc3[n-]c2=O)cc1.[Na+]. The van der Waals surface area contributed by atoms with E-state index < -0.39 is 11.3 Å². The number of benzene rings is 2. The topological polar surface area (TPSA) is 61.1 Å². The van der Waals surface area contributed by atoms with Crippen molar-refractivity contribution in [3.05, 3.63) is 75.7 Å². The average Bonchev–Trinajstić information content (AvgIpc) is 2.46. The summed E-state index contributed by atoms with van der Waals surface area (Å²) in [7, 11) is 0. The zero-order chi connectivity index (χ0) is 14.1. The van der Waals surface area contributed by atoms with Gasteiger partial charge in [-0.05, 0) is 13.0 Å². The fourth-order valence-corrected chi connectivity index (χ4v) is 1.97. The molecule has 0 radical (unpaired) electrons. The van der Waals surface area contributed by atoms with Gasteiger partial charge in [-0.25, -0.2) is 4.98 Å². The van der Waals surface area contributed by atoms with Crippen molar-refractivity contribution >= 4 is 16.8 Å². The standard InChI is InChI=1S/C16H12N2O2.Na/c1-10-6-8-11(9-7-10)15(19)14-16(20)18-13-5-3-2-4-12(13)17-14;/h2-9H,1H3,(H,18,19,20);/q;+1/p-1. The minimum atomic E-state index is -0.589. The molecule has 4 nitrogen and oxygen atoms in total. The number of hydrogen-bond donors (Lipinski definition) is 0. The Bertz CT molecular complexity index is 854. The molecule has 0 N–H and O–H groups in total. The van der Waals surface area contributed by atoms with Crippen LogP contribution in [0.2, 0.25) is 0 Å².